The molecular formula is C57H39NO. The van der Waals surface area contributed by atoms with Crippen molar-refractivity contribution in [2.24, 2.45) is 0 Å². The molecule has 0 N–H and O–H groups in total. The Balaban J connectivity index is 1.13. The second kappa shape index (κ2) is 11.5. The zero-order valence-corrected chi connectivity index (χ0v) is 33.2. The molecular weight excluding hydrogens is 715 g/mol. The molecule has 0 bridgehead atoms. The Hall–Kier alpha value is -7.16. The zero-order chi connectivity index (χ0) is 39.2. The van der Waals surface area contributed by atoms with Gasteiger partial charge >= 0.3 is 0 Å². The highest BCUT2D eigenvalue weighted by molar-refractivity contribution is 6.19. The van der Waals surface area contributed by atoms with Crippen LogP contribution in [0.4, 0.5) is 17.1 Å². The molecule has 1 unspecified atom stereocenters. The summed E-state index contributed by atoms with van der Waals surface area (Å²) in [5, 5.41) is 4.62. The van der Waals surface area contributed by atoms with Crippen LogP contribution < -0.4 is 4.90 Å². The maximum atomic E-state index is 6.79. The van der Waals surface area contributed by atoms with Crippen LogP contribution >= 0.6 is 0 Å². The zero-order valence-electron chi connectivity index (χ0n) is 33.2. The maximum Gasteiger partial charge on any atom is 0.143 e. The van der Waals surface area contributed by atoms with E-state index in [0.717, 1.165) is 27.3 Å². The van der Waals surface area contributed by atoms with E-state index < -0.39 is 5.41 Å². The minimum absolute atomic E-state index is 0.0953. The van der Waals surface area contributed by atoms with Crippen molar-refractivity contribution in [1.29, 1.82) is 0 Å². The molecule has 1 aromatic heterocycles. The predicted molar refractivity (Wildman–Crippen MR) is 245 cm³/mol. The Kier molecular flexibility index (Phi) is 6.40. The summed E-state index contributed by atoms with van der Waals surface area (Å²) in [6, 6.07) is 67.6. The molecule has 3 aliphatic rings. The third kappa shape index (κ3) is 4.11. The van der Waals surface area contributed by atoms with Gasteiger partial charge in [0.2, 0.25) is 0 Å². The van der Waals surface area contributed by atoms with Crippen LogP contribution in [0.5, 0.6) is 0 Å². The smallest absolute Gasteiger partial charge is 0.143 e. The van der Waals surface area contributed by atoms with Crippen molar-refractivity contribution in [1.82, 2.24) is 0 Å². The topological polar surface area (TPSA) is 16.4 Å². The van der Waals surface area contributed by atoms with Crippen LogP contribution in [0.3, 0.4) is 0 Å². The van der Waals surface area contributed by atoms with Crippen molar-refractivity contribution in [3.05, 3.63) is 210 Å². The Labute approximate surface area is 343 Å². The molecule has 9 aromatic carbocycles. The quantitative estimate of drug-likeness (QED) is 0.179. The van der Waals surface area contributed by atoms with Crippen LogP contribution in [0.1, 0.15) is 48.6 Å². The lowest BCUT2D eigenvalue weighted by atomic mass is 9.68. The molecule has 1 atom stereocenters. The van der Waals surface area contributed by atoms with Gasteiger partial charge in [0.1, 0.15) is 11.2 Å². The minimum Gasteiger partial charge on any atom is -0.455 e. The lowest BCUT2D eigenvalue weighted by Crippen LogP contribution is -2.33. The van der Waals surface area contributed by atoms with Crippen molar-refractivity contribution in [3.8, 4) is 44.5 Å². The molecule has 278 valence electrons. The molecule has 0 radical (unpaired) electrons. The molecule has 59 heavy (non-hydrogen) atoms. The number of hydrogen-bond donors (Lipinski definition) is 0. The van der Waals surface area contributed by atoms with E-state index in [1.54, 1.807) is 0 Å². The molecule has 10 aromatic rings. The van der Waals surface area contributed by atoms with E-state index in [4.69, 9.17) is 4.42 Å². The standard InChI is InChI=1S/C57H39NO/c1-56(2)44-25-9-7-20-42(44)51-38(21-12-27-46(51)56)37-19-8-11-28-47(37)58-48-29-13-23-40-36-18-6-10-26-45(36)57(3,53(40)48)54-41(24-14-30-49(54)58)39-22-15-31-50-52(39)43-33-32-34-16-4-5-17-35(34)55(43)59-50/h4-33H,1-3H3. The summed E-state index contributed by atoms with van der Waals surface area (Å²) in [4.78, 5) is 2.58. The number of nitrogens with zero attached hydrogens (tertiary/aromatic N) is 1. The fourth-order valence-corrected chi connectivity index (χ4v) is 11.5. The molecule has 0 amide bonds. The molecule has 2 aliphatic carbocycles. The third-order valence-electron chi connectivity index (χ3n) is 14.0. The average Bonchev–Trinajstić information content (AvgIpc) is 3.88. The highest BCUT2D eigenvalue weighted by Gasteiger charge is 2.50. The first-order valence-corrected chi connectivity index (χ1v) is 20.8. The first-order chi connectivity index (χ1) is 28.9. The molecule has 13 rings (SSSR count). The third-order valence-corrected chi connectivity index (χ3v) is 14.0. The van der Waals surface area contributed by atoms with Gasteiger partial charge in [-0.25, -0.2) is 0 Å². The van der Waals surface area contributed by atoms with Gasteiger partial charge in [-0.15, -0.1) is 0 Å². The molecule has 2 heterocycles. The number of anilines is 3. The maximum absolute atomic E-state index is 6.79. The van der Waals surface area contributed by atoms with Crippen molar-refractivity contribution in [3.63, 3.8) is 0 Å². The Morgan fingerprint density at radius 3 is 1.76 bits per heavy atom. The van der Waals surface area contributed by atoms with E-state index in [1.807, 2.05) is 0 Å². The lowest BCUT2D eigenvalue weighted by Gasteiger charge is -2.44. The number of furan rings is 1. The van der Waals surface area contributed by atoms with E-state index in [-0.39, 0.29) is 5.41 Å². The van der Waals surface area contributed by atoms with E-state index >= 15 is 0 Å². The molecule has 0 saturated carbocycles. The second-order valence-corrected chi connectivity index (χ2v) is 17.3. The fourth-order valence-electron chi connectivity index (χ4n) is 11.5. The number of fused-ring (bicyclic) bond motifs is 13. The summed E-state index contributed by atoms with van der Waals surface area (Å²) in [5.41, 5.74) is 21.9. The van der Waals surface area contributed by atoms with E-state index in [0.29, 0.717) is 0 Å². The highest BCUT2D eigenvalue weighted by Crippen LogP contribution is 2.65. The van der Waals surface area contributed by atoms with Gasteiger partial charge in [0.25, 0.3) is 0 Å². The number of para-hydroxylation sites is 1. The van der Waals surface area contributed by atoms with Crippen molar-refractivity contribution in [2.45, 2.75) is 31.6 Å². The van der Waals surface area contributed by atoms with Crippen LogP contribution in [-0.4, -0.2) is 0 Å². The minimum atomic E-state index is -0.425. The average molecular weight is 754 g/mol. The van der Waals surface area contributed by atoms with Gasteiger partial charge in [-0.1, -0.05) is 166 Å². The monoisotopic (exact) mass is 753 g/mol. The summed E-state index contributed by atoms with van der Waals surface area (Å²) >= 11 is 0. The molecule has 1 aliphatic heterocycles. The van der Waals surface area contributed by atoms with Crippen molar-refractivity contribution < 1.29 is 4.42 Å². The number of hydrogen-bond acceptors (Lipinski definition) is 2. The lowest BCUT2D eigenvalue weighted by molar-refractivity contribution is 0.660. The second-order valence-electron chi connectivity index (χ2n) is 17.3. The summed E-state index contributed by atoms with van der Waals surface area (Å²) in [6.07, 6.45) is 0. The molecule has 0 spiro atoms. The normalized spacial score (nSPS) is 16.6. The molecule has 2 heteroatoms. The Morgan fingerprint density at radius 2 is 0.949 bits per heavy atom. The summed E-state index contributed by atoms with van der Waals surface area (Å²) < 4.78 is 6.79. The van der Waals surface area contributed by atoms with Gasteiger partial charge in [0, 0.05) is 32.6 Å². The summed E-state index contributed by atoms with van der Waals surface area (Å²) in [6.45, 7) is 7.21. The van der Waals surface area contributed by atoms with Gasteiger partial charge in [0.05, 0.1) is 17.1 Å². The summed E-state index contributed by atoms with van der Waals surface area (Å²) in [7, 11) is 0. The van der Waals surface area contributed by atoms with Crippen molar-refractivity contribution >= 4 is 49.8 Å². The Bertz CT molecular complexity index is 3450. The van der Waals surface area contributed by atoms with Gasteiger partial charge < -0.3 is 9.32 Å². The van der Waals surface area contributed by atoms with E-state index in [2.05, 4.69) is 208 Å². The van der Waals surface area contributed by atoms with E-state index in [1.165, 1.54) is 94.8 Å². The molecule has 0 fully saturated rings. The van der Waals surface area contributed by atoms with Gasteiger partial charge in [0.15, 0.2) is 0 Å². The fraction of sp³-hybridized carbons (Fsp3) is 0.0877. The van der Waals surface area contributed by atoms with Crippen LogP contribution in [0.2, 0.25) is 0 Å². The number of benzene rings is 9. The van der Waals surface area contributed by atoms with E-state index in [9.17, 15) is 0 Å². The van der Waals surface area contributed by atoms with Crippen molar-refractivity contribution in [2.75, 3.05) is 4.90 Å². The van der Waals surface area contributed by atoms with Gasteiger partial charge in [-0.3, -0.25) is 0 Å². The van der Waals surface area contributed by atoms with Crippen LogP contribution in [0, 0.1) is 0 Å². The largest absolute Gasteiger partial charge is 0.455 e. The Morgan fingerprint density at radius 1 is 0.390 bits per heavy atom. The van der Waals surface area contributed by atoms with Gasteiger partial charge in [-0.2, -0.15) is 0 Å². The first-order valence-electron chi connectivity index (χ1n) is 20.8. The van der Waals surface area contributed by atoms with Crippen LogP contribution in [0.25, 0.3) is 77.2 Å². The number of rotatable bonds is 3. The predicted octanol–water partition coefficient (Wildman–Crippen LogP) is 15.5. The van der Waals surface area contributed by atoms with Crippen LogP contribution in [0.15, 0.2) is 186 Å². The first kappa shape index (κ1) is 32.9. The SMILES string of the molecule is CC1(C)c2ccccc2-c2c(-c3ccccc3N3c4cccc5c4C(C)(c4ccccc4-5)c4c(-c5cccc6oc7c8ccccc8ccc7c56)cccc43)cccc21. The highest BCUT2D eigenvalue weighted by atomic mass is 16.3. The van der Waals surface area contributed by atoms with Crippen LogP contribution in [-0.2, 0) is 10.8 Å². The molecule has 0 saturated heterocycles. The summed E-state index contributed by atoms with van der Waals surface area (Å²) in [5.74, 6) is 0. The molecule has 2 nitrogen and oxygen atoms in total. The van der Waals surface area contributed by atoms with Gasteiger partial charge in [-0.05, 0) is 109 Å².